The maximum Gasteiger partial charge on any atom is 0.494 e. The fraction of sp³-hybridized carbons (Fsp3) is 0.600. The lowest BCUT2D eigenvalue weighted by molar-refractivity contribution is -0.0569. The topological polar surface area (TPSA) is 53.7 Å². The zero-order valence-corrected chi connectivity index (χ0v) is 13.8. The third-order valence-electron chi connectivity index (χ3n) is 4.73. The van der Waals surface area contributed by atoms with E-state index >= 15 is 0 Å². The van der Waals surface area contributed by atoms with Gasteiger partial charge in [-0.3, -0.25) is 0 Å². The zero-order chi connectivity index (χ0) is 14.6. The third kappa shape index (κ3) is 2.73. The van der Waals surface area contributed by atoms with Gasteiger partial charge in [0, 0.05) is 0 Å². The summed E-state index contributed by atoms with van der Waals surface area (Å²) in [5.41, 5.74) is 7.40. The predicted octanol–water partition coefficient (Wildman–Crippen LogP) is 1.59. The molecule has 116 valence electrons. The molecule has 3 rings (SSSR count). The first-order valence-corrected chi connectivity index (χ1v) is 7.06. The third-order valence-corrected chi connectivity index (χ3v) is 4.73. The molecule has 0 spiro atoms. The van der Waals surface area contributed by atoms with Crippen LogP contribution in [-0.2, 0) is 19.6 Å². The second-order valence-corrected chi connectivity index (χ2v) is 6.86. The molecule has 0 radical (unpaired) electrons. The quantitative estimate of drug-likeness (QED) is 0.843. The van der Waals surface area contributed by atoms with Crippen LogP contribution >= 0.6 is 12.4 Å². The molecule has 0 saturated carbocycles. The first-order valence-electron chi connectivity index (χ1n) is 7.06. The van der Waals surface area contributed by atoms with Crippen molar-refractivity contribution in [1.82, 2.24) is 0 Å². The Morgan fingerprint density at radius 2 is 1.43 bits per heavy atom. The Morgan fingerprint density at radius 1 is 0.952 bits per heavy atom. The SMILES string of the molecule is CC1(C)OB(c2ccc(C3(N)COC3)cc2)OC1(C)C.Cl. The van der Waals surface area contributed by atoms with Crippen LogP contribution in [0.3, 0.4) is 0 Å². The highest BCUT2D eigenvalue weighted by Crippen LogP contribution is 2.36. The van der Waals surface area contributed by atoms with E-state index in [9.17, 15) is 0 Å². The zero-order valence-electron chi connectivity index (χ0n) is 13.0. The van der Waals surface area contributed by atoms with E-state index in [2.05, 4.69) is 27.7 Å². The van der Waals surface area contributed by atoms with Gasteiger partial charge in [0.1, 0.15) is 0 Å². The molecular weight excluding hydrogens is 288 g/mol. The summed E-state index contributed by atoms with van der Waals surface area (Å²) in [4.78, 5) is 0. The average Bonchev–Trinajstić information content (AvgIpc) is 2.56. The van der Waals surface area contributed by atoms with Gasteiger partial charge >= 0.3 is 7.12 Å². The van der Waals surface area contributed by atoms with Crippen LogP contribution in [-0.4, -0.2) is 31.5 Å². The van der Waals surface area contributed by atoms with Crippen LogP contribution in [0.4, 0.5) is 0 Å². The van der Waals surface area contributed by atoms with Crippen LogP contribution in [0.15, 0.2) is 24.3 Å². The lowest BCUT2D eigenvalue weighted by atomic mass is 9.77. The number of benzene rings is 1. The van der Waals surface area contributed by atoms with E-state index in [1.165, 1.54) is 0 Å². The molecule has 0 amide bonds. The second-order valence-electron chi connectivity index (χ2n) is 6.86. The van der Waals surface area contributed by atoms with Crippen molar-refractivity contribution in [3.63, 3.8) is 0 Å². The molecule has 21 heavy (non-hydrogen) atoms. The van der Waals surface area contributed by atoms with Gasteiger partial charge in [0.2, 0.25) is 0 Å². The number of ether oxygens (including phenoxy) is 1. The van der Waals surface area contributed by atoms with Crippen molar-refractivity contribution in [3.8, 4) is 0 Å². The summed E-state index contributed by atoms with van der Waals surface area (Å²) in [5.74, 6) is 0. The summed E-state index contributed by atoms with van der Waals surface area (Å²) in [6, 6.07) is 8.15. The molecule has 4 nitrogen and oxygen atoms in total. The van der Waals surface area contributed by atoms with Gasteiger partial charge in [-0.15, -0.1) is 12.4 Å². The van der Waals surface area contributed by atoms with Crippen LogP contribution < -0.4 is 11.2 Å². The summed E-state index contributed by atoms with van der Waals surface area (Å²) in [6.07, 6.45) is 0. The maximum absolute atomic E-state index is 6.23. The average molecular weight is 312 g/mol. The highest BCUT2D eigenvalue weighted by molar-refractivity contribution is 6.62. The summed E-state index contributed by atoms with van der Waals surface area (Å²) in [7, 11) is -0.319. The maximum atomic E-state index is 6.23. The number of hydrogen-bond donors (Lipinski definition) is 1. The Bertz CT molecular complexity index is 498. The van der Waals surface area contributed by atoms with E-state index in [4.69, 9.17) is 19.8 Å². The fourth-order valence-electron chi connectivity index (χ4n) is 2.44. The summed E-state index contributed by atoms with van der Waals surface area (Å²) in [6.45, 7) is 9.40. The highest BCUT2D eigenvalue weighted by Gasteiger charge is 2.51. The minimum absolute atomic E-state index is 0. The van der Waals surface area contributed by atoms with Gasteiger partial charge in [-0.25, -0.2) is 0 Å². The lowest BCUT2D eigenvalue weighted by Gasteiger charge is -2.38. The molecule has 0 unspecified atom stereocenters. The standard InChI is InChI=1S/C15H22BNO3.ClH/c1-13(2)14(3,4)20-16(19-13)12-7-5-11(6-8-12)15(17)9-18-10-15;/h5-8H,9-10,17H2,1-4H3;1H. The largest absolute Gasteiger partial charge is 0.494 e. The molecule has 0 atom stereocenters. The molecular formula is C15H23BClNO3. The minimum atomic E-state index is -0.325. The van der Waals surface area contributed by atoms with Crippen molar-refractivity contribution < 1.29 is 14.0 Å². The Morgan fingerprint density at radius 3 is 1.81 bits per heavy atom. The van der Waals surface area contributed by atoms with Crippen LogP contribution in [0.2, 0.25) is 0 Å². The minimum Gasteiger partial charge on any atom is -0.399 e. The molecule has 2 fully saturated rings. The van der Waals surface area contributed by atoms with Crippen molar-refractivity contribution in [3.05, 3.63) is 29.8 Å². The van der Waals surface area contributed by atoms with Crippen LogP contribution in [0.25, 0.3) is 0 Å². The van der Waals surface area contributed by atoms with Gasteiger partial charge in [0.15, 0.2) is 0 Å². The first-order chi connectivity index (χ1) is 9.24. The molecule has 1 aromatic rings. The van der Waals surface area contributed by atoms with Crippen LogP contribution in [0, 0.1) is 0 Å². The molecule has 2 saturated heterocycles. The number of nitrogens with two attached hydrogens (primary N) is 1. The Balaban J connectivity index is 0.00000161. The molecule has 2 heterocycles. The number of hydrogen-bond acceptors (Lipinski definition) is 4. The Kier molecular flexibility index (Phi) is 4.19. The van der Waals surface area contributed by atoms with E-state index in [0.29, 0.717) is 13.2 Å². The molecule has 0 bridgehead atoms. The Labute approximate surface area is 132 Å². The molecule has 0 aliphatic carbocycles. The van der Waals surface area contributed by atoms with E-state index in [1.807, 2.05) is 24.3 Å². The smallest absolute Gasteiger partial charge is 0.399 e. The predicted molar refractivity (Wildman–Crippen MR) is 86.1 cm³/mol. The monoisotopic (exact) mass is 311 g/mol. The van der Waals surface area contributed by atoms with Crippen molar-refractivity contribution >= 4 is 25.0 Å². The lowest BCUT2D eigenvalue weighted by Crippen LogP contribution is -2.54. The number of rotatable bonds is 2. The molecule has 2 N–H and O–H groups in total. The molecule has 6 heteroatoms. The van der Waals surface area contributed by atoms with Crippen molar-refractivity contribution in [1.29, 1.82) is 0 Å². The summed E-state index contributed by atoms with van der Waals surface area (Å²) >= 11 is 0. The van der Waals surface area contributed by atoms with E-state index in [0.717, 1.165) is 11.0 Å². The first kappa shape index (κ1) is 16.8. The van der Waals surface area contributed by atoms with Gasteiger partial charge in [-0.1, -0.05) is 24.3 Å². The van der Waals surface area contributed by atoms with E-state index < -0.39 is 0 Å². The van der Waals surface area contributed by atoms with Crippen molar-refractivity contribution in [2.75, 3.05) is 13.2 Å². The van der Waals surface area contributed by atoms with Gasteiger partial charge in [0.05, 0.1) is 30.0 Å². The second kappa shape index (κ2) is 5.25. The highest BCUT2D eigenvalue weighted by atomic mass is 35.5. The van der Waals surface area contributed by atoms with Gasteiger partial charge < -0.3 is 19.8 Å². The normalized spacial score (nSPS) is 25.1. The fourth-order valence-corrected chi connectivity index (χ4v) is 2.44. The van der Waals surface area contributed by atoms with Gasteiger partial charge in [-0.2, -0.15) is 0 Å². The summed E-state index contributed by atoms with van der Waals surface area (Å²) < 4.78 is 17.3. The van der Waals surface area contributed by atoms with E-state index in [1.54, 1.807) is 0 Å². The van der Waals surface area contributed by atoms with Crippen LogP contribution in [0.1, 0.15) is 33.3 Å². The number of halogens is 1. The van der Waals surface area contributed by atoms with E-state index in [-0.39, 0.29) is 36.3 Å². The molecule has 1 aromatic carbocycles. The molecule has 0 aromatic heterocycles. The van der Waals surface area contributed by atoms with Crippen molar-refractivity contribution in [2.45, 2.75) is 44.4 Å². The van der Waals surface area contributed by atoms with Crippen molar-refractivity contribution in [2.24, 2.45) is 5.73 Å². The van der Waals surface area contributed by atoms with Gasteiger partial charge in [0.25, 0.3) is 0 Å². The molecule has 2 aliphatic rings. The summed E-state index contributed by atoms with van der Waals surface area (Å²) in [5, 5.41) is 0. The Hall–Kier alpha value is -0.585. The van der Waals surface area contributed by atoms with Gasteiger partial charge in [-0.05, 0) is 38.7 Å². The van der Waals surface area contributed by atoms with Crippen LogP contribution in [0.5, 0.6) is 0 Å². The molecule has 2 aliphatic heterocycles.